The number of carboxylic acids is 1. The summed E-state index contributed by atoms with van der Waals surface area (Å²) in [6, 6.07) is 0. The number of carbonyl (C=O) groups is 2. The molecule has 0 amide bonds. The summed E-state index contributed by atoms with van der Waals surface area (Å²) >= 11 is 0. The van der Waals surface area contributed by atoms with Crippen molar-refractivity contribution in [3.8, 4) is 0 Å². The summed E-state index contributed by atoms with van der Waals surface area (Å²) in [5.74, 6) is -2.18. The minimum absolute atomic E-state index is 0.287. The van der Waals surface area contributed by atoms with E-state index in [-0.39, 0.29) is 6.42 Å². The zero-order valence-corrected chi connectivity index (χ0v) is 8.12. The van der Waals surface area contributed by atoms with E-state index >= 15 is 0 Å². The van der Waals surface area contributed by atoms with Gasteiger partial charge >= 0.3 is 11.9 Å². The highest BCUT2D eigenvalue weighted by molar-refractivity contribution is 5.72. The zero-order valence-electron chi connectivity index (χ0n) is 8.12. The van der Waals surface area contributed by atoms with Gasteiger partial charge in [-0.05, 0) is 6.42 Å². The van der Waals surface area contributed by atoms with Gasteiger partial charge in [-0.15, -0.1) is 0 Å². The molecular weight excluding hydrogens is 204 g/mol. The molecule has 6 nitrogen and oxygen atoms in total. The minimum atomic E-state index is -1.03. The van der Waals surface area contributed by atoms with Crippen LogP contribution in [-0.4, -0.2) is 46.6 Å². The zero-order chi connectivity index (χ0) is 11.2. The number of esters is 1. The Balaban J connectivity index is 2.07. The third-order valence-electron chi connectivity index (χ3n) is 2.87. The van der Waals surface area contributed by atoms with Crippen LogP contribution in [0.3, 0.4) is 0 Å². The number of fused-ring (bicyclic) bond motifs is 2. The van der Waals surface area contributed by atoms with Crippen LogP contribution in [0.1, 0.15) is 13.3 Å². The summed E-state index contributed by atoms with van der Waals surface area (Å²) in [5.41, 5.74) is 0. The molecule has 2 saturated heterocycles. The molecule has 0 spiro atoms. The summed E-state index contributed by atoms with van der Waals surface area (Å²) in [7, 11) is 0. The van der Waals surface area contributed by atoms with Crippen molar-refractivity contribution in [3.63, 3.8) is 0 Å². The molecule has 2 fully saturated rings. The van der Waals surface area contributed by atoms with E-state index in [0.29, 0.717) is 0 Å². The van der Waals surface area contributed by atoms with Crippen molar-refractivity contribution in [2.45, 2.75) is 37.8 Å². The number of hydrogen-bond donors (Lipinski definition) is 2. The Morgan fingerprint density at radius 1 is 1.47 bits per heavy atom. The molecule has 5 atom stereocenters. The lowest BCUT2D eigenvalue weighted by molar-refractivity contribution is -0.156. The van der Waals surface area contributed by atoms with E-state index in [0.717, 1.165) is 0 Å². The highest BCUT2D eigenvalue weighted by Gasteiger charge is 2.57. The van der Waals surface area contributed by atoms with E-state index < -0.39 is 42.3 Å². The van der Waals surface area contributed by atoms with Crippen LogP contribution in [0.4, 0.5) is 0 Å². The van der Waals surface area contributed by atoms with Crippen LogP contribution in [0.25, 0.3) is 0 Å². The molecule has 2 heterocycles. The smallest absolute Gasteiger partial charge is 0.309 e. The molecule has 0 aromatic carbocycles. The Hall–Kier alpha value is -1.14. The fraction of sp³-hybridized carbons (Fsp3) is 0.778. The van der Waals surface area contributed by atoms with Crippen LogP contribution in [-0.2, 0) is 19.1 Å². The topological polar surface area (TPSA) is 93.1 Å². The van der Waals surface area contributed by atoms with Gasteiger partial charge in [-0.2, -0.15) is 0 Å². The van der Waals surface area contributed by atoms with Gasteiger partial charge in [-0.3, -0.25) is 9.59 Å². The molecular formula is C9H12O6. The summed E-state index contributed by atoms with van der Waals surface area (Å²) in [6.45, 7) is 1.24. The first-order chi connectivity index (χ1) is 7.00. The van der Waals surface area contributed by atoms with Crippen LogP contribution in [0, 0.1) is 5.92 Å². The maximum Gasteiger partial charge on any atom is 0.309 e. The van der Waals surface area contributed by atoms with E-state index in [1.165, 1.54) is 6.92 Å². The van der Waals surface area contributed by atoms with Gasteiger partial charge < -0.3 is 19.7 Å². The molecule has 2 aliphatic rings. The Morgan fingerprint density at radius 3 is 2.60 bits per heavy atom. The molecule has 2 N–H and O–H groups in total. The minimum Gasteiger partial charge on any atom is -0.481 e. The lowest BCUT2D eigenvalue weighted by Crippen LogP contribution is -2.45. The van der Waals surface area contributed by atoms with E-state index in [4.69, 9.17) is 14.6 Å². The van der Waals surface area contributed by atoms with Crippen molar-refractivity contribution in [2.75, 3.05) is 0 Å². The Labute approximate surface area is 85.8 Å². The Bertz CT molecular complexity index is 297. The van der Waals surface area contributed by atoms with Crippen LogP contribution < -0.4 is 0 Å². The second kappa shape index (κ2) is 3.46. The molecule has 15 heavy (non-hydrogen) atoms. The van der Waals surface area contributed by atoms with Gasteiger partial charge in [0.15, 0.2) is 6.10 Å². The number of carbonyl (C=O) groups excluding carboxylic acids is 1. The summed E-state index contributed by atoms with van der Waals surface area (Å²) in [4.78, 5) is 21.5. The van der Waals surface area contributed by atoms with Gasteiger partial charge in [0.05, 0.1) is 12.0 Å². The van der Waals surface area contributed by atoms with Crippen molar-refractivity contribution in [1.82, 2.24) is 0 Å². The predicted molar refractivity (Wildman–Crippen MR) is 46.0 cm³/mol. The molecule has 84 valence electrons. The number of ether oxygens (including phenoxy) is 2. The molecule has 0 aromatic rings. The molecule has 2 aliphatic heterocycles. The van der Waals surface area contributed by atoms with Gasteiger partial charge in [0.1, 0.15) is 12.2 Å². The third-order valence-corrected chi connectivity index (χ3v) is 2.87. The monoisotopic (exact) mass is 216 g/mol. The van der Waals surface area contributed by atoms with Crippen molar-refractivity contribution in [2.24, 2.45) is 5.92 Å². The normalized spacial score (nSPS) is 42.9. The van der Waals surface area contributed by atoms with Gasteiger partial charge in [-0.1, -0.05) is 0 Å². The van der Waals surface area contributed by atoms with E-state index in [2.05, 4.69) is 0 Å². The number of carboxylic acid groups (broad SMARTS) is 1. The van der Waals surface area contributed by atoms with Gasteiger partial charge in [0, 0.05) is 6.92 Å². The molecule has 0 aliphatic carbocycles. The van der Waals surface area contributed by atoms with Crippen LogP contribution in [0.2, 0.25) is 0 Å². The maximum atomic E-state index is 10.8. The van der Waals surface area contributed by atoms with Gasteiger partial charge in [0.2, 0.25) is 0 Å². The molecule has 3 unspecified atom stereocenters. The summed E-state index contributed by atoms with van der Waals surface area (Å²) in [6.07, 6.45) is -2.71. The van der Waals surface area contributed by atoms with Crippen molar-refractivity contribution >= 4 is 11.9 Å². The fourth-order valence-corrected chi connectivity index (χ4v) is 2.25. The lowest BCUT2D eigenvalue weighted by Gasteiger charge is -2.26. The van der Waals surface area contributed by atoms with Crippen molar-refractivity contribution in [3.05, 3.63) is 0 Å². The first-order valence-corrected chi connectivity index (χ1v) is 4.74. The maximum absolute atomic E-state index is 10.8. The number of aliphatic carboxylic acids is 1. The number of aliphatic hydroxyl groups excluding tert-OH is 1. The molecule has 0 saturated carbocycles. The average Bonchev–Trinajstić information content (AvgIpc) is 2.66. The lowest BCUT2D eigenvalue weighted by atomic mass is 9.85. The number of rotatable bonds is 2. The highest BCUT2D eigenvalue weighted by Crippen LogP contribution is 2.40. The van der Waals surface area contributed by atoms with Crippen LogP contribution in [0.5, 0.6) is 0 Å². The molecule has 2 rings (SSSR count). The number of aliphatic hydroxyl groups is 1. The Morgan fingerprint density at radius 2 is 2.13 bits per heavy atom. The van der Waals surface area contributed by atoms with Gasteiger partial charge in [-0.25, -0.2) is 0 Å². The van der Waals surface area contributed by atoms with E-state index in [1.807, 2.05) is 0 Å². The summed E-state index contributed by atoms with van der Waals surface area (Å²) < 4.78 is 10.1. The first kappa shape index (κ1) is 10.4. The Kier molecular flexibility index (Phi) is 2.40. The van der Waals surface area contributed by atoms with E-state index in [1.54, 1.807) is 0 Å². The molecule has 6 heteroatoms. The molecule has 0 aromatic heterocycles. The third kappa shape index (κ3) is 1.59. The van der Waals surface area contributed by atoms with Crippen LogP contribution >= 0.6 is 0 Å². The quantitative estimate of drug-likeness (QED) is 0.584. The average molecular weight is 216 g/mol. The largest absolute Gasteiger partial charge is 0.481 e. The van der Waals surface area contributed by atoms with Crippen molar-refractivity contribution in [1.29, 1.82) is 0 Å². The van der Waals surface area contributed by atoms with Gasteiger partial charge in [0.25, 0.3) is 0 Å². The first-order valence-electron chi connectivity index (χ1n) is 4.74. The highest BCUT2D eigenvalue weighted by atomic mass is 16.6. The number of hydrogen-bond acceptors (Lipinski definition) is 5. The van der Waals surface area contributed by atoms with Crippen molar-refractivity contribution < 1.29 is 29.3 Å². The fourth-order valence-electron chi connectivity index (χ4n) is 2.25. The molecule has 2 bridgehead atoms. The SMILES string of the molecule is CC(=O)OC1C2CC(C(=O)O)[C@H](O2)[C@H]1O. The van der Waals surface area contributed by atoms with E-state index in [9.17, 15) is 14.7 Å². The standard InChI is InChI=1S/C9H12O6/c1-3(10)14-8-5-2-4(9(12)13)7(15-5)6(8)11/h4-8,11H,2H2,1H3,(H,12,13)/t4?,5?,6-,7+,8?/m1/s1. The second-order valence-electron chi connectivity index (χ2n) is 3.88. The second-order valence-corrected chi connectivity index (χ2v) is 3.88. The molecule has 0 radical (unpaired) electrons. The predicted octanol–water partition coefficient (Wildman–Crippen LogP) is -0.849. The van der Waals surface area contributed by atoms with Crippen LogP contribution in [0.15, 0.2) is 0 Å². The summed E-state index contributed by atoms with van der Waals surface area (Å²) in [5, 5.41) is 18.5.